The summed E-state index contributed by atoms with van der Waals surface area (Å²) in [4.78, 5) is 25.4. The lowest BCUT2D eigenvalue weighted by Gasteiger charge is -2.18. The molecule has 66 heavy (non-hydrogen) atoms. The van der Waals surface area contributed by atoms with Crippen LogP contribution in [0.25, 0.3) is 0 Å². The van der Waals surface area contributed by atoms with Gasteiger partial charge in [0.25, 0.3) is 0 Å². The third-order valence-electron chi connectivity index (χ3n) is 11.9. The van der Waals surface area contributed by atoms with Gasteiger partial charge < -0.3 is 14.2 Å². The van der Waals surface area contributed by atoms with Crippen LogP contribution >= 0.6 is 0 Å². The van der Waals surface area contributed by atoms with E-state index in [0.717, 1.165) is 70.6 Å². The summed E-state index contributed by atoms with van der Waals surface area (Å²) in [5.41, 5.74) is 0. The van der Waals surface area contributed by atoms with E-state index >= 15 is 0 Å². The predicted octanol–water partition coefficient (Wildman–Crippen LogP) is 19.2. The Kier molecular flexibility index (Phi) is 53.9. The molecule has 0 radical (unpaired) electrons. The predicted molar refractivity (Wildman–Crippen MR) is 288 cm³/mol. The first kappa shape index (κ1) is 63.1. The second-order valence-corrected chi connectivity index (χ2v) is 18.5. The van der Waals surface area contributed by atoms with Crippen LogP contribution in [-0.4, -0.2) is 37.9 Å². The van der Waals surface area contributed by atoms with Crippen LogP contribution in [0, 0.1) is 0 Å². The van der Waals surface area contributed by atoms with Gasteiger partial charge in [-0.25, -0.2) is 0 Å². The molecule has 0 heterocycles. The Morgan fingerprint density at radius 2 is 0.727 bits per heavy atom. The average molecular weight is 920 g/mol. The lowest BCUT2D eigenvalue weighted by atomic mass is 10.0. The van der Waals surface area contributed by atoms with E-state index < -0.39 is 6.10 Å². The summed E-state index contributed by atoms with van der Waals surface area (Å²) in [7, 11) is 0. The van der Waals surface area contributed by atoms with Gasteiger partial charge >= 0.3 is 11.9 Å². The molecule has 0 aromatic rings. The van der Waals surface area contributed by atoms with Crippen molar-refractivity contribution in [3.8, 4) is 0 Å². The summed E-state index contributed by atoms with van der Waals surface area (Å²) in [6.07, 6.45) is 74.8. The van der Waals surface area contributed by atoms with Crippen LogP contribution in [0.3, 0.4) is 0 Å². The van der Waals surface area contributed by atoms with Crippen molar-refractivity contribution in [1.29, 1.82) is 0 Å². The fraction of sp³-hybridized carbons (Fsp3) is 0.738. The first-order valence-electron chi connectivity index (χ1n) is 28.1. The number of carbonyl (C=O) groups excluding carboxylic acids is 2. The molecule has 0 amide bonds. The lowest BCUT2D eigenvalue weighted by Crippen LogP contribution is -2.29. The summed E-state index contributed by atoms with van der Waals surface area (Å²) < 4.78 is 17.4. The highest BCUT2D eigenvalue weighted by Crippen LogP contribution is 2.15. The lowest BCUT2D eigenvalue weighted by molar-refractivity contribution is -0.162. The molecule has 0 spiro atoms. The van der Waals surface area contributed by atoms with E-state index in [0.29, 0.717) is 13.0 Å². The van der Waals surface area contributed by atoms with Crippen molar-refractivity contribution >= 4 is 11.9 Å². The summed E-state index contributed by atoms with van der Waals surface area (Å²) in [5, 5.41) is 0. The van der Waals surface area contributed by atoms with E-state index in [9.17, 15) is 9.59 Å². The van der Waals surface area contributed by atoms with Gasteiger partial charge in [0.15, 0.2) is 6.10 Å². The van der Waals surface area contributed by atoms with Gasteiger partial charge in [-0.05, 0) is 77.0 Å². The second kappa shape index (κ2) is 56.4. The molecule has 5 nitrogen and oxygen atoms in total. The van der Waals surface area contributed by atoms with Crippen molar-refractivity contribution in [2.75, 3.05) is 19.8 Å². The molecule has 0 aliphatic heterocycles. The molecule has 0 rings (SSSR count). The number of ether oxygens (including phenoxy) is 3. The monoisotopic (exact) mass is 919 g/mol. The fourth-order valence-electron chi connectivity index (χ4n) is 7.79. The van der Waals surface area contributed by atoms with Gasteiger partial charge in [0.1, 0.15) is 6.61 Å². The molecule has 0 N–H and O–H groups in total. The van der Waals surface area contributed by atoms with Crippen LogP contribution in [0.5, 0.6) is 0 Å². The maximum atomic E-state index is 12.8. The molecule has 0 aromatic heterocycles. The molecule has 1 unspecified atom stereocenters. The number of carbonyl (C=O) groups is 2. The van der Waals surface area contributed by atoms with E-state index in [-0.39, 0.29) is 31.6 Å². The Morgan fingerprint density at radius 1 is 0.364 bits per heavy atom. The third-order valence-corrected chi connectivity index (χ3v) is 11.9. The Bertz CT molecular complexity index is 1220. The van der Waals surface area contributed by atoms with Crippen molar-refractivity contribution in [2.24, 2.45) is 0 Å². The smallest absolute Gasteiger partial charge is 0.310 e. The van der Waals surface area contributed by atoms with Gasteiger partial charge in [-0.1, -0.05) is 260 Å². The third kappa shape index (κ3) is 53.7. The molecular weight excluding hydrogens is 813 g/mol. The molecule has 0 saturated carbocycles. The Hall–Kier alpha value is -2.92. The number of rotatable bonds is 51. The van der Waals surface area contributed by atoms with Gasteiger partial charge in [0.05, 0.1) is 13.0 Å². The van der Waals surface area contributed by atoms with E-state index in [2.05, 4.69) is 93.7 Å². The van der Waals surface area contributed by atoms with Crippen LogP contribution in [0.4, 0.5) is 0 Å². The SMILES string of the molecule is CC/C=C\C/C=C\C/C=C\C/C=C\C/C=C\CC(=O)OC(COCCCCCCCCCCCCCCCCCC)COC(=O)CCCCCCCCCCC/C=C\C/C=C\CCCCC. The first-order chi connectivity index (χ1) is 32.6. The largest absolute Gasteiger partial charge is 0.462 e. The van der Waals surface area contributed by atoms with Crippen molar-refractivity contribution in [3.63, 3.8) is 0 Å². The zero-order chi connectivity index (χ0) is 47.7. The summed E-state index contributed by atoms with van der Waals surface area (Å²) in [6.45, 7) is 7.61. The van der Waals surface area contributed by atoms with E-state index in [1.165, 1.54) is 161 Å². The van der Waals surface area contributed by atoms with Crippen LogP contribution in [0.2, 0.25) is 0 Å². The summed E-state index contributed by atoms with van der Waals surface area (Å²) >= 11 is 0. The maximum absolute atomic E-state index is 12.8. The van der Waals surface area contributed by atoms with Crippen molar-refractivity contribution in [3.05, 3.63) is 85.1 Å². The van der Waals surface area contributed by atoms with Crippen LogP contribution in [0.15, 0.2) is 85.1 Å². The highest BCUT2D eigenvalue weighted by Gasteiger charge is 2.17. The van der Waals surface area contributed by atoms with E-state index in [4.69, 9.17) is 14.2 Å². The molecule has 0 fully saturated rings. The van der Waals surface area contributed by atoms with Crippen molar-refractivity contribution < 1.29 is 23.8 Å². The van der Waals surface area contributed by atoms with Crippen LogP contribution in [-0.2, 0) is 23.8 Å². The molecule has 5 heteroatoms. The van der Waals surface area contributed by atoms with E-state index in [1.807, 2.05) is 12.2 Å². The molecule has 0 aliphatic rings. The molecular formula is C61H106O5. The minimum atomic E-state index is -0.594. The number of allylic oxidation sites excluding steroid dienone is 13. The minimum absolute atomic E-state index is 0.0428. The average Bonchev–Trinajstić information content (AvgIpc) is 3.32. The standard InChI is InChI=1S/C61H106O5/c1-4-7-10-13-16-19-22-25-28-30-31-32-34-36-39-42-45-48-51-54-60(62)65-58-59(57-64-56-53-50-47-44-41-38-35-29-26-23-20-17-14-11-8-5-2)66-61(63)55-52-49-46-43-40-37-33-27-24-21-18-15-12-9-6-3/h9,12,16,18-19,21,25,27-28,33,40,43,49,52,59H,4-8,10-11,13-15,17,20,22-24,26,29-32,34-39,41-42,44-48,50-51,53-58H2,1-3H3/b12-9-,19-16-,21-18-,28-25-,33-27-,43-40-,52-49-. The van der Waals surface area contributed by atoms with Crippen LogP contribution < -0.4 is 0 Å². The van der Waals surface area contributed by atoms with Gasteiger partial charge in [-0.3, -0.25) is 9.59 Å². The maximum Gasteiger partial charge on any atom is 0.310 e. The normalized spacial score (nSPS) is 12.8. The van der Waals surface area contributed by atoms with Crippen LogP contribution in [0.1, 0.15) is 265 Å². The van der Waals surface area contributed by atoms with Gasteiger partial charge in [0, 0.05) is 13.0 Å². The quantitative estimate of drug-likeness (QED) is 0.0346. The van der Waals surface area contributed by atoms with Gasteiger partial charge in [-0.15, -0.1) is 0 Å². The number of unbranched alkanes of at least 4 members (excludes halogenated alkanes) is 27. The number of hydrogen-bond donors (Lipinski definition) is 0. The Morgan fingerprint density at radius 3 is 1.20 bits per heavy atom. The molecule has 0 aliphatic carbocycles. The zero-order valence-electron chi connectivity index (χ0n) is 43.7. The summed E-state index contributed by atoms with van der Waals surface area (Å²) in [5.74, 6) is -0.541. The Labute approximate surface area is 409 Å². The highest BCUT2D eigenvalue weighted by atomic mass is 16.6. The minimum Gasteiger partial charge on any atom is -0.462 e. The Balaban J connectivity index is 4.35. The fourth-order valence-corrected chi connectivity index (χ4v) is 7.79. The zero-order valence-corrected chi connectivity index (χ0v) is 43.7. The molecule has 0 bridgehead atoms. The van der Waals surface area contributed by atoms with Gasteiger partial charge in [-0.2, -0.15) is 0 Å². The van der Waals surface area contributed by atoms with Gasteiger partial charge in [0.2, 0.25) is 0 Å². The number of esters is 2. The molecule has 1 atom stereocenters. The highest BCUT2D eigenvalue weighted by molar-refractivity contribution is 5.71. The topological polar surface area (TPSA) is 61.8 Å². The molecule has 380 valence electrons. The molecule has 0 aromatic carbocycles. The first-order valence-corrected chi connectivity index (χ1v) is 28.1. The van der Waals surface area contributed by atoms with Crippen molar-refractivity contribution in [1.82, 2.24) is 0 Å². The second-order valence-electron chi connectivity index (χ2n) is 18.5. The summed E-state index contributed by atoms with van der Waals surface area (Å²) in [6, 6.07) is 0. The molecule has 0 saturated heterocycles. The van der Waals surface area contributed by atoms with Crippen molar-refractivity contribution in [2.45, 2.75) is 271 Å². The van der Waals surface area contributed by atoms with E-state index in [1.54, 1.807) is 0 Å². The number of hydrogen-bond acceptors (Lipinski definition) is 5.